The smallest absolute Gasteiger partial charge is 0.356 e. The van der Waals surface area contributed by atoms with Crippen LogP contribution in [0.2, 0.25) is 0 Å². The quantitative estimate of drug-likeness (QED) is 0.154. The van der Waals surface area contributed by atoms with Gasteiger partial charge in [0.2, 0.25) is 5.91 Å². The number of β-lactam (4-membered cyclic amide) rings is 1. The number of esters is 1. The first-order valence-electron chi connectivity index (χ1n) is 11.4. The van der Waals surface area contributed by atoms with Crippen molar-refractivity contribution in [1.82, 2.24) is 4.90 Å². The van der Waals surface area contributed by atoms with Gasteiger partial charge >= 0.3 is 5.97 Å². The topological polar surface area (TPSA) is 66.8 Å². The van der Waals surface area contributed by atoms with Gasteiger partial charge in [0.15, 0.2) is 0 Å². The van der Waals surface area contributed by atoms with Crippen molar-refractivity contribution in [2.45, 2.75) is 11.8 Å². The predicted octanol–water partition coefficient (Wildman–Crippen LogP) is 2.94. The predicted molar refractivity (Wildman–Crippen MR) is 146 cm³/mol. The molecule has 1 aliphatic heterocycles. The van der Waals surface area contributed by atoms with Crippen LogP contribution >= 0.6 is 19.5 Å². The zero-order valence-corrected chi connectivity index (χ0v) is 21.0. The van der Waals surface area contributed by atoms with Gasteiger partial charge in [-0.25, -0.2) is 4.79 Å². The molecule has 3 aromatic rings. The fourth-order valence-corrected chi connectivity index (χ4v) is 9.51. The lowest BCUT2D eigenvalue weighted by Crippen LogP contribution is -2.63. The molecule has 0 aliphatic carbocycles. The van der Waals surface area contributed by atoms with Crippen molar-refractivity contribution in [3.63, 3.8) is 0 Å². The lowest BCUT2D eigenvalue weighted by atomic mass is 9.95. The number of aliphatic hydroxyl groups is 1. The molecule has 0 bridgehead atoms. The standard InChI is InChI=1S/C28H28NO4PS/c1-2-20-33-28(32)26(29-25(31)24(18-19-30)27(29)35)34(21-12-6-3-7-13-21,22-14-8-4-9-15-22)23-16-10-5-11-17-23/h2-17,24,27,30,35H,1,18-20H2/t24-,27?/m0/s1. The zero-order valence-electron chi connectivity index (χ0n) is 19.2. The number of nitrogens with zero attached hydrogens (tertiary/aromatic N) is 1. The van der Waals surface area contributed by atoms with E-state index in [4.69, 9.17) is 17.4 Å². The minimum Gasteiger partial charge on any atom is -0.457 e. The van der Waals surface area contributed by atoms with Gasteiger partial charge in [-0.3, -0.25) is 9.69 Å². The van der Waals surface area contributed by atoms with E-state index in [0.29, 0.717) is 0 Å². The van der Waals surface area contributed by atoms with E-state index in [1.165, 1.54) is 11.0 Å². The van der Waals surface area contributed by atoms with E-state index in [1.54, 1.807) is 0 Å². The van der Waals surface area contributed by atoms with Crippen LogP contribution in [0.3, 0.4) is 0 Å². The number of carbonyl (C=O) groups excluding carboxylic acids is 2. The highest BCUT2D eigenvalue weighted by Gasteiger charge is 2.51. The van der Waals surface area contributed by atoms with Crippen LogP contribution < -0.4 is 15.9 Å². The van der Waals surface area contributed by atoms with Crippen LogP contribution in [0.15, 0.2) is 104 Å². The first-order valence-corrected chi connectivity index (χ1v) is 13.7. The lowest BCUT2D eigenvalue weighted by Gasteiger charge is -2.47. The Kier molecular flexibility index (Phi) is 7.97. The van der Waals surface area contributed by atoms with Crippen molar-refractivity contribution in [3.05, 3.63) is 104 Å². The van der Waals surface area contributed by atoms with E-state index in [0.717, 1.165) is 15.9 Å². The molecule has 1 heterocycles. The molecule has 1 aliphatic rings. The molecule has 1 unspecified atom stereocenters. The second-order valence-electron chi connectivity index (χ2n) is 8.13. The Bertz CT molecular complexity index is 1140. The Morgan fingerprint density at radius 3 is 1.77 bits per heavy atom. The molecule has 2 atom stereocenters. The number of hydrogen-bond donors (Lipinski definition) is 2. The Morgan fingerprint density at radius 2 is 1.40 bits per heavy atom. The van der Waals surface area contributed by atoms with Crippen molar-refractivity contribution in [3.8, 4) is 0 Å². The summed E-state index contributed by atoms with van der Waals surface area (Å²) in [5, 5.41) is 11.7. The largest absolute Gasteiger partial charge is 0.457 e. The number of thiol groups is 1. The summed E-state index contributed by atoms with van der Waals surface area (Å²) in [5.74, 6) is -1.30. The van der Waals surface area contributed by atoms with Crippen molar-refractivity contribution < 1.29 is 19.4 Å². The summed E-state index contributed by atoms with van der Waals surface area (Å²) < 4.78 is 5.63. The molecule has 1 saturated heterocycles. The van der Waals surface area contributed by atoms with Crippen molar-refractivity contribution in [2.75, 3.05) is 13.2 Å². The summed E-state index contributed by atoms with van der Waals surface area (Å²) in [6, 6.07) is 29.4. The van der Waals surface area contributed by atoms with E-state index in [1.807, 2.05) is 91.0 Å². The number of rotatable bonds is 9. The van der Waals surface area contributed by atoms with Crippen molar-refractivity contribution >= 4 is 52.7 Å². The van der Waals surface area contributed by atoms with Gasteiger partial charge in [-0.15, -0.1) is 0 Å². The van der Waals surface area contributed by atoms with Crippen LogP contribution in [-0.4, -0.2) is 45.9 Å². The number of benzene rings is 3. The van der Waals surface area contributed by atoms with Crippen molar-refractivity contribution in [2.24, 2.45) is 5.92 Å². The highest BCUT2D eigenvalue weighted by Crippen LogP contribution is 2.49. The van der Waals surface area contributed by atoms with Crippen LogP contribution in [-0.2, 0) is 14.3 Å². The maximum absolute atomic E-state index is 13.9. The minimum absolute atomic E-state index is 0.0139. The molecule has 0 spiro atoms. The average Bonchev–Trinajstić information content (AvgIpc) is 2.92. The Labute approximate surface area is 211 Å². The van der Waals surface area contributed by atoms with E-state index in [-0.39, 0.29) is 31.0 Å². The van der Waals surface area contributed by atoms with Gasteiger partial charge in [0.05, 0.1) is 11.3 Å². The van der Waals surface area contributed by atoms with Crippen LogP contribution in [0, 0.1) is 5.92 Å². The number of likely N-dealkylation sites (tertiary alicyclic amines) is 1. The van der Waals surface area contributed by atoms with E-state index in [9.17, 15) is 14.7 Å². The molecule has 180 valence electrons. The fourth-order valence-electron chi connectivity index (χ4n) is 4.54. The summed E-state index contributed by atoms with van der Waals surface area (Å²) in [6.07, 6.45) is 1.79. The minimum atomic E-state index is -2.90. The Balaban J connectivity index is 2.17. The van der Waals surface area contributed by atoms with Crippen LogP contribution in [0.4, 0.5) is 0 Å². The Morgan fingerprint density at radius 1 is 0.943 bits per heavy atom. The fraction of sp³-hybridized carbons (Fsp3) is 0.179. The molecule has 1 N–H and O–H groups in total. The molecular formula is C28H28NO4PS. The normalized spacial score (nSPS) is 17.4. The maximum Gasteiger partial charge on any atom is 0.356 e. The van der Waals surface area contributed by atoms with Gasteiger partial charge in [-0.05, 0) is 22.3 Å². The van der Waals surface area contributed by atoms with Crippen molar-refractivity contribution in [1.29, 1.82) is 0 Å². The summed E-state index contributed by atoms with van der Waals surface area (Å²) in [4.78, 5) is 28.8. The summed E-state index contributed by atoms with van der Waals surface area (Å²) in [7, 11) is 0. The molecule has 5 nitrogen and oxygen atoms in total. The molecule has 1 fully saturated rings. The first-order chi connectivity index (χ1) is 17.1. The zero-order chi connectivity index (χ0) is 24.8. The highest BCUT2D eigenvalue weighted by atomic mass is 32.1. The number of amides is 1. The molecule has 0 radical (unpaired) electrons. The van der Waals surface area contributed by atoms with Gasteiger partial charge in [0, 0.05) is 13.5 Å². The highest BCUT2D eigenvalue weighted by molar-refractivity contribution is 7.96. The second kappa shape index (κ2) is 11.1. The summed E-state index contributed by atoms with van der Waals surface area (Å²) in [5.41, 5.74) is 0.280. The van der Waals surface area contributed by atoms with E-state index < -0.39 is 24.1 Å². The van der Waals surface area contributed by atoms with E-state index in [2.05, 4.69) is 6.58 Å². The molecule has 0 aromatic heterocycles. The summed E-state index contributed by atoms with van der Waals surface area (Å²) in [6.45, 7) is 0.656. The van der Waals surface area contributed by atoms with Crippen LogP contribution in [0.25, 0.3) is 0 Å². The molecule has 4 rings (SSSR count). The molecule has 35 heavy (non-hydrogen) atoms. The number of aliphatic hydroxyl groups excluding tert-OH is 1. The van der Waals surface area contributed by atoms with Gasteiger partial charge in [-0.2, -0.15) is 12.6 Å². The van der Waals surface area contributed by atoms with Gasteiger partial charge in [-0.1, -0.05) is 104 Å². The maximum atomic E-state index is 13.9. The number of hydrogen-bond acceptors (Lipinski definition) is 5. The Hall–Kier alpha value is -3.05. The van der Waals surface area contributed by atoms with E-state index >= 15 is 0 Å². The molecular weight excluding hydrogens is 477 g/mol. The third-order valence-electron chi connectivity index (χ3n) is 6.11. The molecule has 7 heteroatoms. The molecule has 0 saturated carbocycles. The van der Waals surface area contributed by atoms with Crippen LogP contribution in [0.1, 0.15) is 6.42 Å². The van der Waals surface area contributed by atoms with Gasteiger partial charge in [0.25, 0.3) is 0 Å². The third kappa shape index (κ3) is 4.50. The number of carbonyl (C=O) groups is 2. The second-order valence-corrected chi connectivity index (χ2v) is 12.0. The molecule has 3 aromatic carbocycles. The monoisotopic (exact) mass is 505 g/mol. The molecule has 1 amide bonds. The first kappa shape index (κ1) is 25.1. The lowest BCUT2D eigenvalue weighted by molar-refractivity contribution is -0.147. The third-order valence-corrected chi connectivity index (χ3v) is 11.0. The average molecular weight is 506 g/mol. The number of ether oxygens (including phenoxy) is 1. The van der Waals surface area contributed by atoms with Gasteiger partial charge < -0.3 is 9.84 Å². The SMILES string of the molecule is C=CCOC(=O)C(N1C(=O)[C@H](CCO)C1S)=P(c1ccccc1)(c1ccccc1)c1ccccc1. The van der Waals surface area contributed by atoms with Gasteiger partial charge in [0.1, 0.15) is 12.0 Å². The van der Waals surface area contributed by atoms with Crippen LogP contribution in [0.5, 0.6) is 0 Å². The summed E-state index contributed by atoms with van der Waals surface area (Å²) >= 11 is 4.73.